The van der Waals surface area contributed by atoms with E-state index in [1.54, 1.807) is 0 Å². The zero-order chi connectivity index (χ0) is 13.5. The first-order chi connectivity index (χ1) is 8.49. The van der Waals surface area contributed by atoms with Gasteiger partial charge in [-0.05, 0) is 32.0 Å². The Morgan fingerprint density at radius 1 is 1.33 bits per heavy atom. The Labute approximate surface area is 112 Å². The summed E-state index contributed by atoms with van der Waals surface area (Å²) in [5.41, 5.74) is 0. The van der Waals surface area contributed by atoms with E-state index in [2.05, 4.69) is 10.6 Å². The van der Waals surface area contributed by atoms with E-state index in [1.807, 2.05) is 0 Å². The number of carboxylic acids is 1. The number of hydrogen-bond donors (Lipinski definition) is 3. The quantitative estimate of drug-likeness (QED) is 0.653. The van der Waals surface area contributed by atoms with Crippen molar-refractivity contribution in [2.24, 2.45) is 0 Å². The van der Waals surface area contributed by atoms with Crippen LogP contribution in [0.15, 0.2) is 0 Å². The Hall–Kier alpha value is -1.17. The fourth-order valence-corrected chi connectivity index (χ4v) is 2.43. The van der Waals surface area contributed by atoms with Gasteiger partial charge in [-0.1, -0.05) is 19.3 Å². The lowest BCUT2D eigenvalue weighted by atomic mass is 9.96. The van der Waals surface area contributed by atoms with Crippen molar-refractivity contribution in [1.82, 2.24) is 10.6 Å². The summed E-state index contributed by atoms with van der Waals surface area (Å²) >= 11 is 5.09. The van der Waals surface area contributed by atoms with Gasteiger partial charge in [-0.25, -0.2) is 4.79 Å². The zero-order valence-electron chi connectivity index (χ0n) is 10.6. The standard InChI is InChI=1S/C12H20N2O3S/c1-8(15)7-10(11(16)17)14-12(18)13-9-5-3-2-4-6-9/h9-10H,2-7H2,1H3,(H,16,17)(H2,13,14,18). The Morgan fingerprint density at radius 2 is 1.94 bits per heavy atom. The Morgan fingerprint density at radius 3 is 2.44 bits per heavy atom. The van der Waals surface area contributed by atoms with Crippen LogP contribution in [0.4, 0.5) is 0 Å². The number of Topliss-reactive ketones (excluding diaryl/α,β-unsaturated/α-hetero) is 1. The first-order valence-electron chi connectivity index (χ1n) is 6.28. The second kappa shape index (κ2) is 7.31. The molecule has 1 saturated carbocycles. The van der Waals surface area contributed by atoms with Crippen LogP contribution in [0, 0.1) is 0 Å². The van der Waals surface area contributed by atoms with Crippen molar-refractivity contribution in [3.8, 4) is 0 Å². The molecule has 1 rings (SSSR count). The lowest BCUT2D eigenvalue weighted by Gasteiger charge is -2.25. The molecule has 1 aliphatic rings. The number of rotatable bonds is 5. The molecule has 18 heavy (non-hydrogen) atoms. The van der Waals surface area contributed by atoms with Crippen LogP contribution in [0.3, 0.4) is 0 Å². The van der Waals surface area contributed by atoms with Gasteiger partial charge in [0.1, 0.15) is 11.8 Å². The van der Waals surface area contributed by atoms with Crippen LogP contribution in [0.2, 0.25) is 0 Å². The molecule has 0 heterocycles. The van der Waals surface area contributed by atoms with E-state index >= 15 is 0 Å². The Kier molecular flexibility index (Phi) is 6.04. The summed E-state index contributed by atoms with van der Waals surface area (Å²) in [5, 5.41) is 15.1. The fourth-order valence-electron chi connectivity index (χ4n) is 2.12. The second-order valence-corrected chi connectivity index (χ2v) is 5.16. The van der Waals surface area contributed by atoms with Gasteiger partial charge in [0.25, 0.3) is 0 Å². The average Bonchev–Trinajstić information content (AvgIpc) is 2.28. The van der Waals surface area contributed by atoms with Crippen molar-refractivity contribution in [1.29, 1.82) is 0 Å². The van der Waals surface area contributed by atoms with Crippen molar-refractivity contribution >= 4 is 29.1 Å². The highest BCUT2D eigenvalue weighted by molar-refractivity contribution is 7.80. The minimum absolute atomic E-state index is 0.0537. The molecule has 0 aromatic rings. The van der Waals surface area contributed by atoms with E-state index in [4.69, 9.17) is 17.3 Å². The lowest BCUT2D eigenvalue weighted by Crippen LogP contribution is -2.49. The second-order valence-electron chi connectivity index (χ2n) is 4.75. The number of thiocarbonyl (C=S) groups is 1. The monoisotopic (exact) mass is 272 g/mol. The molecule has 0 bridgehead atoms. The number of ketones is 1. The van der Waals surface area contributed by atoms with Gasteiger partial charge in [-0.2, -0.15) is 0 Å². The number of hydrogen-bond acceptors (Lipinski definition) is 3. The highest BCUT2D eigenvalue weighted by atomic mass is 32.1. The molecule has 0 aromatic heterocycles. The third-order valence-electron chi connectivity index (χ3n) is 3.04. The van der Waals surface area contributed by atoms with Gasteiger partial charge >= 0.3 is 5.97 Å². The molecule has 0 saturated heterocycles. The number of nitrogens with one attached hydrogen (secondary N) is 2. The number of carbonyl (C=O) groups is 2. The zero-order valence-corrected chi connectivity index (χ0v) is 11.4. The van der Waals surface area contributed by atoms with Crippen LogP contribution < -0.4 is 10.6 Å². The fraction of sp³-hybridized carbons (Fsp3) is 0.750. The summed E-state index contributed by atoms with van der Waals surface area (Å²) in [4.78, 5) is 21.9. The summed E-state index contributed by atoms with van der Waals surface area (Å²) in [5.74, 6) is -1.23. The van der Waals surface area contributed by atoms with Crippen LogP contribution in [0.5, 0.6) is 0 Å². The SMILES string of the molecule is CC(=O)CC(NC(=S)NC1CCCCC1)C(=O)O. The summed E-state index contributed by atoms with van der Waals surface area (Å²) in [7, 11) is 0. The third-order valence-corrected chi connectivity index (χ3v) is 3.27. The minimum Gasteiger partial charge on any atom is -0.480 e. The van der Waals surface area contributed by atoms with Crippen LogP contribution in [0.1, 0.15) is 45.4 Å². The number of aliphatic carboxylic acids is 1. The summed E-state index contributed by atoms with van der Waals surface area (Å²) in [6.07, 6.45) is 5.67. The molecule has 0 radical (unpaired) electrons. The van der Waals surface area contributed by atoms with E-state index in [1.165, 1.54) is 26.2 Å². The maximum atomic E-state index is 11.0. The Bertz CT molecular complexity index is 327. The van der Waals surface area contributed by atoms with Crippen molar-refractivity contribution in [2.75, 3.05) is 0 Å². The van der Waals surface area contributed by atoms with E-state index in [-0.39, 0.29) is 12.2 Å². The molecule has 6 heteroatoms. The smallest absolute Gasteiger partial charge is 0.326 e. The molecule has 1 atom stereocenters. The van der Waals surface area contributed by atoms with Gasteiger partial charge in [0, 0.05) is 12.5 Å². The van der Waals surface area contributed by atoms with Crippen LogP contribution in [-0.4, -0.2) is 34.1 Å². The van der Waals surface area contributed by atoms with Gasteiger partial charge in [0.15, 0.2) is 5.11 Å². The number of carbonyl (C=O) groups excluding carboxylic acids is 1. The van der Waals surface area contributed by atoms with Gasteiger partial charge in [0.05, 0.1) is 0 Å². The van der Waals surface area contributed by atoms with Crippen molar-refractivity contribution in [3.05, 3.63) is 0 Å². The molecule has 1 fully saturated rings. The molecule has 102 valence electrons. The molecule has 1 unspecified atom stereocenters. The van der Waals surface area contributed by atoms with E-state index < -0.39 is 12.0 Å². The maximum absolute atomic E-state index is 11.0. The molecule has 1 aliphatic carbocycles. The van der Waals surface area contributed by atoms with E-state index in [9.17, 15) is 9.59 Å². The largest absolute Gasteiger partial charge is 0.480 e. The predicted octanol–water partition coefficient (Wildman–Crippen LogP) is 1.22. The average molecular weight is 272 g/mol. The van der Waals surface area contributed by atoms with E-state index in [0.29, 0.717) is 11.2 Å². The molecule has 3 N–H and O–H groups in total. The molecule has 0 aromatic carbocycles. The number of carboxylic acid groups (broad SMARTS) is 1. The normalized spacial score (nSPS) is 17.8. The lowest BCUT2D eigenvalue weighted by molar-refractivity contribution is -0.140. The molecular weight excluding hydrogens is 252 g/mol. The van der Waals surface area contributed by atoms with Gasteiger partial charge in [-0.3, -0.25) is 4.79 Å². The van der Waals surface area contributed by atoms with Crippen molar-refractivity contribution in [3.63, 3.8) is 0 Å². The molecule has 0 aliphatic heterocycles. The molecule has 0 amide bonds. The highest BCUT2D eigenvalue weighted by Crippen LogP contribution is 2.17. The highest BCUT2D eigenvalue weighted by Gasteiger charge is 2.21. The molecule has 0 spiro atoms. The first-order valence-corrected chi connectivity index (χ1v) is 6.69. The first kappa shape index (κ1) is 14.9. The summed E-state index contributed by atoms with van der Waals surface area (Å²) < 4.78 is 0. The van der Waals surface area contributed by atoms with Gasteiger partial charge in [-0.15, -0.1) is 0 Å². The molecular formula is C12H20N2O3S. The maximum Gasteiger partial charge on any atom is 0.326 e. The predicted molar refractivity (Wildman–Crippen MR) is 72.5 cm³/mol. The third kappa shape index (κ3) is 5.44. The summed E-state index contributed by atoms with van der Waals surface area (Å²) in [6, 6.07) is -0.614. The van der Waals surface area contributed by atoms with Crippen molar-refractivity contribution in [2.45, 2.75) is 57.5 Å². The Balaban J connectivity index is 2.40. The topological polar surface area (TPSA) is 78.4 Å². The van der Waals surface area contributed by atoms with Crippen LogP contribution in [0.25, 0.3) is 0 Å². The van der Waals surface area contributed by atoms with E-state index in [0.717, 1.165) is 12.8 Å². The summed E-state index contributed by atoms with van der Waals surface area (Å²) in [6.45, 7) is 1.37. The molecule has 5 nitrogen and oxygen atoms in total. The van der Waals surface area contributed by atoms with Crippen LogP contribution >= 0.6 is 12.2 Å². The minimum atomic E-state index is -1.06. The van der Waals surface area contributed by atoms with Gasteiger partial charge in [0.2, 0.25) is 0 Å². The van der Waals surface area contributed by atoms with Crippen molar-refractivity contribution < 1.29 is 14.7 Å². The van der Waals surface area contributed by atoms with Gasteiger partial charge < -0.3 is 15.7 Å². The van der Waals surface area contributed by atoms with Crippen LogP contribution in [-0.2, 0) is 9.59 Å².